The van der Waals surface area contributed by atoms with E-state index >= 15 is 0 Å². The molecule has 1 heterocycles. The van der Waals surface area contributed by atoms with Gasteiger partial charge in [0.25, 0.3) is 0 Å². The van der Waals surface area contributed by atoms with Crippen molar-refractivity contribution in [2.24, 2.45) is 0 Å². The summed E-state index contributed by atoms with van der Waals surface area (Å²) in [6.45, 7) is 1.87. The normalized spacial score (nSPS) is 8.11. The van der Waals surface area contributed by atoms with E-state index in [-0.39, 0.29) is 18.2 Å². The van der Waals surface area contributed by atoms with E-state index in [9.17, 15) is 0 Å². The second kappa shape index (κ2) is 3.30. The lowest BCUT2D eigenvalue weighted by atomic mass is 10.4. The highest BCUT2D eigenvalue weighted by Crippen LogP contribution is 2.03. The monoisotopic (exact) mass is 145 g/mol. The molecule has 0 radical (unpaired) electrons. The summed E-state index contributed by atoms with van der Waals surface area (Å²) < 4.78 is 0. The van der Waals surface area contributed by atoms with Crippen molar-refractivity contribution < 1.29 is 5.11 Å². The molecule has 2 nitrogen and oxygen atoms in total. The SMILES string of the molecule is Cc1ccc(O)cn1.Cl. The van der Waals surface area contributed by atoms with E-state index in [2.05, 4.69) is 4.98 Å². The van der Waals surface area contributed by atoms with E-state index in [4.69, 9.17) is 5.11 Å². The van der Waals surface area contributed by atoms with Crippen molar-refractivity contribution in [3.8, 4) is 5.75 Å². The molecule has 1 N–H and O–H groups in total. The molecule has 9 heavy (non-hydrogen) atoms. The largest absolute Gasteiger partial charge is 0.506 e. The van der Waals surface area contributed by atoms with E-state index in [1.807, 2.05) is 6.92 Å². The first-order valence-corrected chi connectivity index (χ1v) is 2.40. The summed E-state index contributed by atoms with van der Waals surface area (Å²) in [5, 5.41) is 8.69. The van der Waals surface area contributed by atoms with E-state index in [1.165, 1.54) is 6.20 Å². The molecule has 0 spiro atoms. The Morgan fingerprint density at radius 1 is 1.44 bits per heavy atom. The molecule has 0 fully saturated rings. The Morgan fingerprint density at radius 2 is 2.11 bits per heavy atom. The van der Waals surface area contributed by atoms with E-state index in [0.717, 1.165) is 5.69 Å². The number of halogens is 1. The van der Waals surface area contributed by atoms with Crippen molar-refractivity contribution in [1.82, 2.24) is 4.98 Å². The molecule has 0 bridgehead atoms. The first-order valence-electron chi connectivity index (χ1n) is 2.40. The van der Waals surface area contributed by atoms with E-state index in [0.29, 0.717) is 0 Å². The Hall–Kier alpha value is -0.760. The Kier molecular flexibility index (Phi) is 3.02. The number of rotatable bonds is 0. The molecule has 3 heteroatoms. The van der Waals surface area contributed by atoms with Crippen LogP contribution < -0.4 is 0 Å². The fourth-order valence-electron chi connectivity index (χ4n) is 0.460. The summed E-state index contributed by atoms with van der Waals surface area (Å²) in [5.74, 6) is 0.218. The summed E-state index contributed by atoms with van der Waals surface area (Å²) in [4.78, 5) is 3.83. The van der Waals surface area contributed by atoms with Crippen LogP contribution in [0.2, 0.25) is 0 Å². The van der Waals surface area contributed by atoms with Gasteiger partial charge in [0.05, 0.1) is 6.20 Å². The fraction of sp³-hybridized carbons (Fsp3) is 0.167. The molecular formula is C6H8ClNO. The number of hydrogen-bond acceptors (Lipinski definition) is 2. The molecule has 0 saturated heterocycles. The standard InChI is InChI=1S/C6H7NO.ClH/c1-5-2-3-6(8)4-7-5;/h2-4,8H,1H3;1H. The van der Waals surface area contributed by atoms with Gasteiger partial charge in [0.15, 0.2) is 0 Å². The first kappa shape index (κ1) is 8.24. The van der Waals surface area contributed by atoms with Gasteiger partial charge in [-0.05, 0) is 19.1 Å². The molecule has 1 aromatic rings. The average Bonchev–Trinajstić information content (AvgIpc) is 1.77. The second-order valence-electron chi connectivity index (χ2n) is 1.66. The molecule has 1 aromatic heterocycles. The van der Waals surface area contributed by atoms with Crippen molar-refractivity contribution in [3.05, 3.63) is 24.0 Å². The number of pyridine rings is 1. The molecule has 0 aliphatic heterocycles. The van der Waals surface area contributed by atoms with Crippen LogP contribution in [0, 0.1) is 6.92 Å². The van der Waals surface area contributed by atoms with E-state index < -0.39 is 0 Å². The summed E-state index contributed by atoms with van der Waals surface area (Å²) in [6.07, 6.45) is 1.43. The van der Waals surface area contributed by atoms with Crippen LogP contribution in [0.1, 0.15) is 5.69 Å². The predicted octanol–water partition coefficient (Wildman–Crippen LogP) is 1.52. The number of aryl methyl sites for hydroxylation is 1. The average molecular weight is 146 g/mol. The maximum absolute atomic E-state index is 8.69. The van der Waals surface area contributed by atoms with Gasteiger partial charge in [-0.25, -0.2) is 0 Å². The molecule has 0 unspecified atom stereocenters. The number of aromatic hydroxyl groups is 1. The van der Waals surface area contributed by atoms with Crippen molar-refractivity contribution in [2.45, 2.75) is 6.92 Å². The summed E-state index contributed by atoms with van der Waals surface area (Å²) in [5.41, 5.74) is 0.919. The smallest absolute Gasteiger partial charge is 0.133 e. The quantitative estimate of drug-likeness (QED) is 0.601. The zero-order valence-corrected chi connectivity index (χ0v) is 5.85. The van der Waals surface area contributed by atoms with E-state index in [1.54, 1.807) is 12.1 Å². The third-order valence-corrected chi connectivity index (χ3v) is 0.896. The first-order chi connectivity index (χ1) is 3.79. The van der Waals surface area contributed by atoms with Crippen LogP contribution >= 0.6 is 12.4 Å². The molecular weight excluding hydrogens is 138 g/mol. The molecule has 0 aromatic carbocycles. The fourth-order valence-corrected chi connectivity index (χ4v) is 0.460. The zero-order chi connectivity index (χ0) is 5.98. The Labute approximate surface area is 60.0 Å². The van der Waals surface area contributed by atoms with Gasteiger partial charge in [-0.15, -0.1) is 12.4 Å². The minimum Gasteiger partial charge on any atom is -0.506 e. The Balaban J connectivity index is 0.000000640. The number of hydrogen-bond donors (Lipinski definition) is 1. The highest BCUT2D eigenvalue weighted by Gasteiger charge is 1.83. The van der Waals surface area contributed by atoms with Crippen LogP contribution in [0.5, 0.6) is 5.75 Å². The van der Waals surface area contributed by atoms with Crippen molar-refractivity contribution in [3.63, 3.8) is 0 Å². The van der Waals surface area contributed by atoms with Gasteiger partial charge >= 0.3 is 0 Å². The number of nitrogens with zero attached hydrogens (tertiary/aromatic N) is 1. The molecule has 0 saturated carbocycles. The van der Waals surface area contributed by atoms with Crippen LogP contribution in [0.4, 0.5) is 0 Å². The third-order valence-electron chi connectivity index (χ3n) is 0.896. The minimum atomic E-state index is 0. The van der Waals surface area contributed by atoms with Gasteiger partial charge in [-0.3, -0.25) is 4.98 Å². The maximum Gasteiger partial charge on any atom is 0.133 e. The predicted molar refractivity (Wildman–Crippen MR) is 37.9 cm³/mol. The maximum atomic E-state index is 8.69. The topological polar surface area (TPSA) is 33.1 Å². The van der Waals surface area contributed by atoms with Gasteiger partial charge in [-0.1, -0.05) is 0 Å². The lowest BCUT2D eigenvalue weighted by Gasteiger charge is -1.88. The Morgan fingerprint density at radius 3 is 2.44 bits per heavy atom. The van der Waals surface area contributed by atoms with Crippen LogP contribution in [0.3, 0.4) is 0 Å². The molecule has 1 rings (SSSR count). The molecule has 0 atom stereocenters. The zero-order valence-electron chi connectivity index (χ0n) is 5.03. The van der Waals surface area contributed by atoms with Crippen molar-refractivity contribution >= 4 is 12.4 Å². The van der Waals surface area contributed by atoms with Gasteiger partial charge < -0.3 is 5.11 Å². The van der Waals surface area contributed by atoms with Gasteiger partial charge in [0.1, 0.15) is 5.75 Å². The summed E-state index contributed by atoms with van der Waals surface area (Å²) in [6, 6.07) is 3.37. The van der Waals surface area contributed by atoms with Crippen LogP contribution in [0.25, 0.3) is 0 Å². The van der Waals surface area contributed by atoms with Gasteiger partial charge in [-0.2, -0.15) is 0 Å². The van der Waals surface area contributed by atoms with Crippen molar-refractivity contribution in [2.75, 3.05) is 0 Å². The molecule has 0 amide bonds. The Bertz CT molecular complexity index is 152. The van der Waals surface area contributed by atoms with Crippen molar-refractivity contribution in [1.29, 1.82) is 0 Å². The molecule has 50 valence electrons. The molecule has 0 aliphatic carbocycles. The van der Waals surface area contributed by atoms with Crippen LogP contribution in [0.15, 0.2) is 18.3 Å². The second-order valence-corrected chi connectivity index (χ2v) is 1.66. The van der Waals surface area contributed by atoms with Crippen LogP contribution in [-0.2, 0) is 0 Å². The third kappa shape index (κ3) is 2.33. The van der Waals surface area contributed by atoms with Gasteiger partial charge in [0.2, 0.25) is 0 Å². The summed E-state index contributed by atoms with van der Waals surface area (Å²) in [7, 11) is 0. The van der Waals surface area contributed by atoms with Crippen LogP contribution in [-0.4, -0.2) is 10.1 Å². The molecule has 0 aliphatic rings. The lowest BCUT2D eigenvalue weighted by Crippen LogP contribution is -1.75. The van der Waals surface area contributed by atoms with Gasteiger partial charge in [0, 0.05) is 5.69 Å². The number of aromatic nitrogens is 1. The minimum absolute atomic E-state index is 0. The highest BCUT2D eigenvalue weighted by atomic mass is 35.5. The summed E-state index contributed by atoms with van der Waals surface area (Å²) >= 11 is 0. The lowest BCUT2D eigenvalue weighted by molar-refractivity contribution is 0.472. The highest BCUT2D eigenvalue weighted by molar-refractivity contribution is 5.85.